The minimum Gasteiger partial charge on any atom is -0.454 e. The van der Waals surface area contributed by atoms with Crippen LogP contribution in [-0.4, -0.2) is 45.6 Å². The van der Waals surface area contributed by atoms with Gasteiger partial charge in [-0.05, 0) is 40.9 Å². The largest absolute Gasteiger partial charge is 0.454 e. The number of nitrogens with zero attached hydrogens (tertiary/aromatic N) is 3. The number of rotatable bonds is 5. The molecule has 0 radical (unpaired) electrons. The Kier molecular flexibility index (Phi) is 5.80. The highest BCUT2D eigenvalue weighted by atomic mass is 79.9. The van der Waals surface area contributed by atoms with Gasteiger partial charge in [-0.2, -0.15) is 5.10 Å². The molecule has 0 bridgehead atoms. The van der Waals surface area contributed by atoms with E-state index in [-0.39, 0.29) is 23.8 Å². The number of amides is 2. The van der Waals surface area contributed by atoms with Gasteiger partial charge in [0.25, 0.3) is 5.91 Å². The number of furan rings is 1. The molecule has 8 heteroatoms. The van der Waals surface area contributed by atoms with Crippen molar-refractivity contribution in [3.05, 3.63) is 40.5 Å². The van der Waals surface area contributed by atoms with Crippen molar-refractivity contribution in [1.29, 1.82) is 0 Å². The second-order valence-corrected chi connectivity index (χ2v) is 7.77. The van der Waals surface area contributed by atoms with E-state index in [0.717, 1.165) is 17.3 Å². The molecule has 7 nitrogen and oxygen atoms in total. The van der Waals surface area contributed by atoms with Crippen LogP contribution in [-0.2, 0) is 11.3 Å². The van der Waals surface area contributed by atoms with E-state index in [1.807, 2.05) is 24.9 Å². The van der Waals surface area contributed by atoms with Crippen LogP contribution >= 0.6 is 15.9 Å². The number of aromatic nitrogens is 2. The standard InChI is InChI=1S/C18H23BrN4O3/c1-12(2)18(25)22-7-5-14(6-8-22)21-17(24)16-4-3-15(26-16)11-23-10-13(19)9-20-23/h3-4,9-10,12,14H,5-8,11H2,1-2H3,(H,21,24). The van der Waals surface area contributed by atoms with Crippen LogP contribution in [0.3, 0.4) is 0 Å². The van der Waals surface area contributed by atoms with E-state index in [4.69, 9.17) is 4.42 Å². The van der Waals surface area contributed by atoms with Crippen LogP contribution in [0.2, 0.25) is 0 Å². The Balaban J connectivity index is 1.50. The maximum absolute atomic E-state index is 12.4. The first-order chi connectivity index (χ1) is 12.4. The Labute approximate surface area is 160 Å². The first kappa shape index (κ1) is 18.7. The van der Waals surface area contributed by atoms with Crippen LogP contribution in [0.1, 0.15) is 43.0 Å². The number of piperidine rings is 1. The van der Waals surface area contributed by atoms with Crippen LogP contribution in [0.4, 0.5) is 0 Å². The van der Waals surface area contributed by atoms with Crippen LogP contribution < -0.4 is 5.32 Å². The zero-order chi connectivity index (χ0) is 18.7. The smallest absolute Gasteiger partial charge is 0.287 e. The van der Waals surface area contributed by atoms with E-state index in [1.54, 1.807) is 23.0 Å². The fourth-order valence-electron chi connectivity index (χ4n) is 3.04. The van der Waals surface area contributed by atoms with Gasteiger partial charge >= 0.3 is 0 Å². The number of carbonyl (C=O) groups excluding carboxylic acids is 2. The molecule has 1 aliphatic heterocycles. The van der Waals surface area contributed by atoms with E-state index < -0.39 is 0 Å². The second kappa shape index (κ2) is 8.07. The SMILES string of the molecule is CC(C)C(=O)N1CCC(NC(=O)c2ccc(Cn3cc(Br)cn3)o2)CC1. The predicted molar refractivity (Wildman–Crippen MR) is 99.6 cm³/mol. The predicted octanol–water partition coefficient (Wildman–Crippen LogP) is 2.66. The fourth-order valence-corrected chi connectivity index (χ4v) is 3.36. The molecular weight excluding hydrogens is 400 g/mol. The highest BCUT2D eigenvalue weighted by Gasteiger charge is 2.26. The van der Waals surface area contributed by atoms with Crippen LogP contribution in [0, 0.1) is 5.92 Å². The number of nitrogens with one attached hydrogen (secondary N) is 1. The Morgan fingerprint density at radius 2 is 2.08 bits per heavy atom. The minimum absolute atomic E-state index is 0.0121. The third-order valence-corrected chi connectivity index (χ3v) is 4.85. The lowest BCUT2D eigenvalue weighted by Gasteiger charge is -2.33. The number of hydrogen-bond donors (Lipinski definition) is 1. The molecular formula is C18H23BrN4O3. The number of carbonyl (C=O) groups is 2. The zero-order valence-electron chi connectivity index (χ0n) is 14.9. The van der Waals surface area contributed by atoms with Crippen molar-refractivity contribution >= 4 is 27.7 Å². The lowest BCUT2D eigenvalue weighted by molar-refractivity contribution is -0.135. The average Bonchev–Trinajstić information content (AvgIpc) is 3.24. The first-order valence-electron chi connectivity index (χ1n) is 8.78. The van der Waals surface area contributed by atoms with Gasteiger partial charge < -0.3 is 14.6 Å². The monoisotopic (exact) mass is 422 g/mol. The molecule has 0 atom stereocenters. The van der Waals surface area contributed by atoms with Gasteiger partial charge in [0.15, 0.2) is 5.76 Å². The summed E-state index contributed by atoms with van der Waals surface area (Å²) >= 11 is 3.35. The van der Waals surface area contributed by atoms with Crippen molar-refractivity contribution < 1.29 is 14.0 Å². The summed E-state index contributed by atoms with van der Waals surface area (Å²) < 4.78 is 8.26. The Hall–Kier alpha value is -2.09. The Morgan fingerprint density at radius 1 is 1.35 bits per heavy atom. The molecule has 1 aliphatic rings. The van der Waals surface area contributed by atoms with Crippen LogP contribution in [0.15, 0.2) is 33.4 Å². The molecule has 3 rings (SSSR count). The Bertz CT molecular complexity index is 775. The third kappa shape index (κ3) is 4.55. The maximum atomic E-state index is 12.4. The van der Waals surface area contributed by atoms with Gasteiger partial charge in [-0.3, -0.25) is 14.3 Å². The molecule has 26 heavy (non-hydrogen) atoms. The van der Waals surface area contributed by atoms with Gasteiger partial charge in [0, 0.05) is 31.2 Å². The molecule has 2 aromatic rings. The zero-order valence-corrected chi connectivity index (χ0v) is 16.5. The molecule has 2 aromatic heterocycles. The molecule has 140 valence electrons. The Morgan fingerprint density at radius 3 is 2.69 bits per heavy atom. The fraction of sp³-hybridized carbons (Fsp3) is 0.500. The highest BCUT2D eigenvalue weighted by Crippen LogP contribution is 2.16. The van der Waals surface area contributed by atoms with Gasteiger partial charge in [0.05, 0.1) is 17.2 Å². The van der Waals surface area contributed by atoms with Gasteiger partial charge in [-0.15, -0.1) is 0 Å². The van der Waals surface area contributed by atoms with Crippen LogP contribution in [0.25, 0.3) is 0 Å². The summed E-state index contributed by atoms with van der Waals surface area (Å²) in [6.07, 6.45) is 5.07. The summed E-state index contributed by atoms with van der Waals surface area (Å²) in [5, 5.41) is 7.17. The molecule has 0 aromatic carbocycles. The van der Waals surface area contributed by atoms with E-state index >= 15 is 0 Å². The van der Waals surface area contributed by atoms with Crippen molar-refractivity contribution in [2.45, 2.75) is 39.3 Å². The van der Waals surface area contributed by atoms with E-state index in [1.165, 1.54) is 0 Å². The summed E-state index contributed by atoms with van der Waals surface area (Å²) in [6.45, 7) is 5.65. The molecule has 1 N–H and O–H groups in total. The average molecular weight is 423 g/mol. The lowest BCUT2D eigenvalue weighted by Crippen LogP contribution is -2.47. The van der Waals surface area contributed by atoms with Crippen molar-refractivity contribution in [2.24, 2.45) is 5.92 Å². The maximum Gasteiger partial charge on any atom is 0.287 e. The second-order valence-electron chi connectivity index (χ2n) is 6.85. The molecule has 0 spiro atoms. The lowest BCUT2D eigenvalue weighted by atomic mass is 10.0. The topological polar surface area (TPSA) is 80.4 Å². The van der Waals surface area contributed by atoms with Crippen molar-refractivity contribution in [1.82, 2.24) is 20.0 Å². The molecule has 0 saturated carbocycles. The van der Waals surface area contributed by atoms with Crippen molar-refractivity contribution in [2.75, 3.05) is 13.1 Å². The highest BCUT2D eigenvalue weighted by molar-refractivity contribution is 9.10. The molecule has 1 saturated heterocycles. The summed E-state index contributed by atoms with van der Waals surface area (Å²) in [5.74, 6) is 0.940. The summed E-state index contributed by atoms with van der Waals surface area (Å²) in [6, 6.07) is 3.53. The van der Waals surface area contributed by atoms with Crippen LogP contribution in [0.5, 0.6) is 0 Å². The van der Waals surface area contributed by atoms with Gasteiger partial charge in [0.1, 0.15) is 5.76 Å². The summed E-state index contributed by atoms with van der Waals surface area (Å²) in [4.78, 5) is 26.3. The number of halogens is 1. The third-order valence-electron chi connectivity index (χ3n) is 4.44. The van der Waals surface area contributed by atoms with E-state index in [0.29, 0.717) is 31.2 Å². The van der Waals surface area contributed by atoms with E-state index in [2.05, 4.69) is 26.3 Å². The molecule has 0 aliphatic carbocycles. The quantitative estimate of drug-likeness (QED) is 0.802. The first-order valence-corrected chi connectivity index (χ1v) is 9.58. The molecule has 2 amide bonds. The van der Waals surface area contributed by atoms with Gasteiger partial charge in [0.2, 0.25) is 5.91 Å². The minimum atomic E-state index is -0.216. The van der Waals surface area contributed by atoms with Gasteiger partial charge in [-0.1, -0.05) is 13.8 Å². The van der Waals surface area contributed by atoms with E-state index in [9.17, 15) is 9.59 Å². The van der Waals surface area contributed by atoms with Crippen molar-refractivity contribution in [3.63, 3.8) is 0 Å². The molecule has 3 heterocycles. The van der Waals surface area contributed by atoms with Gasteiger partial charge in [-0.25, -0.2) is 0 Å². The molecule has 0 unspecified atom stereocenters. The normalized spacial score (nSPS) is 15.5. The van der Waals surface area contributed by atoms with Crippen molar-refractivity contribution in [3.8, 4) is 0 Å². The number of likely N-dealkylation sites (tertiary alicyclic amines) is 1. The summed E-state index contributed by atoms with van der Waals surface area (Å²) in [5.41, 5.74) is 0. The summed E-state index contributed by atoms with van der Waals surface area (Å²) in [7, 11) is 0. The molecule has 1 fully saturated rings. The number of hydrogen-bond acceptors (Lipinski definition) is 4.